The second-order valence-corrected chi connectivity index (χ2v) is 3.89. The maximum atomic E-state index is 11.5. The first kappa shape index (κ1) is 9.93. The quantitative estimate of drug-likeness (QED) is 0.650. The maximum absolute atomic E-state index is 11.5. The Kier molecular flexibility index (Phi) is 3.03. The monoisotopic (exact) mass is 199 g/mol. The van der Waals surface area contributed by atoms with Crippen molar-refractivity contribution >= 4 is 5.97 Å². The molecule has 80 valence electrons. The summed E-state index contributed by atoms with van der Waals surface area (Å²) in [4.78, 5) is 11.5. The van der Waals surface area contributed by atoms with E-state index < -0.39 is 0 Å². The Labute approximate surface area is 84.0 Å². The Bertz CT molecular complexity index is 205. The van der Waals surface area contributed by atoms with Crippen molar-refractivity contribution < 1.29 is 14.3 Å². The Morgan fingerprint density at radius 2 is 2.43 bits per heavy atom. The number of carbonyl (C=O) groups is 1. The average molecular weight is 199 g/mol. The van der Waals surface area contributed by atoms with Gasteiger partial charge in [-0.25, -0.2) is 0 Å². The molecular formula is C10H17NO3. The van der Waals surface area contributed by atoms with Crippen molar-refractivity contribution in [2.24, 2.45) is 5.92 Å². The average Bonchev–Trinajstić information content (AvgIpc) is 2.61. The zero-order chi connectivity index (χ0) is 9.97. The summed E-state index contributed by atoms with van der Waals surface area (Å²) >= 11 is 0. The Morgan fingerprint density at radius 3 is 3.14 bits per heavy atom. The first-order valence-corrected chi connectivity index (χ1v) is 5.33. The van der Waals surface area contributed by atoms with Crippen LogP contribution in [0, 0.1) is 5.92 Å². The van der Waals surface area contributed by atoms with Crippen LogP contribution in [0.2, 0.25) is 0 Å². The van der Waals surface area contributed by atoms with E-state index in [-0.39, 0.29) is 18.0 Å². The molecule has 1 N–H and O–H groups in total. The number of rotatable bonds is 2. The van der Waals surface area contributed by atoms with Gasteiger partial charge in [0.15, 0.2) is 0 Å². The van der Waals surface area contributed by atoms with Crippen molar-refractivity contribution in [3.8, 4) is 0 Å². The Morgan fingerprint density at radius 1 is 1.57 bits per heavy atom. The van der Waals surface area contributed by atoms with E-state index in [0.717, 1.165) is 26.0 Å². The summed E-state index contributed by atoms with van der Waals surface area (Å²) in [6.45, 7) is 3.97. The number of nitrogens with one attached hydrogen (secondary N) is 1. The number of fused-ring (bicyclic) bond motifs is 1. The molecule has 0 radical (unpaired) electrons. The summed E-state index contributed by atoms with van der Waals surface area (Å²) in [5.74, 6) is -0.0251. The normalized spacial score (nSPS) is 36.5. The molecule has 1 saturated heterocycles. The van der Waals surface area contributed by atoms with Crippen molar-refractivity contribution in [2.45, 2.75) is 31.9 Å². The predicted molar refractivity (Wildman–Crippen MR) is 50.9 cm³/mol. The van der Waals surface area contributed by atoms with Crippen LogP contribution in [-0.2, 0) is 14.3 Å². The van der Waals surface area contributed by atoms with Crippen molar-refractivity contribution in [1.29, 1.82) is 0 Å². The van der Waals surface area contributed by atoms with Crippen LogP contribution in [0.5, 0.6) is 0 Å². The minimum Gasteiger partial charge on any atom is -0.466 e. The molecule has 2 rings (SSSR count). The van der Waals surface area contributed by atoms with E-state index in [2.05, 4.69) is 5.32 Å². The number of ether oxygens (including phenoxy) is 2. The molecule has 0 aromatic carbocycles. The van der Waals surface area contributed by atoms with Gasteiger partial charge in [0.2, 0.25) is 0 Å². The lowest BCUT2D eigenvalue weighted by molar-refractivity contribution is -0.148. The SMILES string of the molecule is CCOC(=O)C1CC2NCCOC2C1. The summed E-state index contributed by atoms with van der Waals surface area (Å²) in [5.41, 5.74) is 0. The highest BCUT2D eigenvalue weighted by Crippen LogP contribution is 2.30. The number of morpholine rings is 1. The van der Waals surface area contributed by atoms with Crippen LogP contribution < -0.4 is 5.32 Å². The number of esters is 1. The lowest BCUT2D eigenvalue weighted by Crippen LogP contribution is -2.44. The molecule has 0 aromatic rings. The van der Waals surface area contributed by atoms with Gasteiger partial charge in [0.1, 0.15) is 0 Å². The third-order valence-corrected chi connectivity index (χ3v) is 2.96. The molecule has 1 heterocycles. The van der Waals surface area contributed by atoms with Gasteiger partial charge in [-0.1, -0.05) is 0 Å². The number of hydrogen-bond acceptors (Lipinski definition) is 4. The molecule has 4 heteroatoms. The predicted octanol–water partition coefficient (Wildman–Crippen LogP) is 0.317. The largest absolute Gasteiger partial charge is 0.466 e. The summed E-state index contributed by atoms with van der Waals surface area (Å²) in [7, 11) is 0. The molecule has 0 aromatic heterocycles. The van der Waals surface area contributed by atoms with Crippen molar-refractivity contribution in [2.75, 3.05) is 19.8 Å². The highest BCUT2D eigenvalue weighted by molar-refractivity contribution is 5.73. The van der Waals surface area contributed by atoms with Crippen LogP contribution in [0.3, 0.4) is 0 Å². The van der Waals surface area contributed by atoms with Gasteiger partial charge in [-0.05, 0) is 19.8 Å². The van der Waals surface area contributed by atoms with E-state index >= 15 is 0 Å². The van der Waals surface area contributed by atoms with Crippen LogP contribution in [0.1, 0.15) is 19.8 Å². The van der Waals surface area contributed by atoms with E-state index in [0.29, 0.717) is 12.6 Å². The molecular weight excluding hydrogens is 182 g/mol. The zero-order valence-electron chi connectivity index (χ0n) is 8.49. The zero-order valence-corrected chi connectivity index (χ0v) is 8.49. The van der Waals surface area contributed by atoms with Crippen LogP contribution in [0.15, 0.2) is 0 Å². The fourth-order valence-corrected chi connectivity index (χ4v) is 2.31. The van der Waals surface area contributed by atoms with Gasteiger partial charge in [0, 0.05) is 12.6 Å². The summed E-state index contributed by atoms with van der Waals surface area (Å²) in [5, 5.41) is 3.38. The van der Waals surface area contributed by atoms with Crippen molar-refractivity contribution in [3.63, 3.8) is 0 Å². The fourth-order valence-electron chi connectivity index (χ4n) is 2.31. The van der Waals surface area contributed by atoms with Crippen LogP contribution in [-0.4, -0.2) is 37.9 Å². The van der Waals surface area contributed by atoms with Gasteiger partial charge >= 0.3 is 5.97 Å². The smallest absolute Gasteiger partial charge is 0.309 e. The number of hydrogen-bond donors (Lipinski definition) is 1. The molecule has 1 aliphatic heterocycles. The minimum absolute atomic E-state index is 0.0375. The van der Waals surface area contributed by atoms with E-state index in [4.69, 9.17) is 9.47 Å². The van der Waals surface area contributed by atoms with Crippen LogP contribution in [0.4, 0.5) is 0 Å². The summed E-state index contributed by atoms with van der Waals surface area (Å²) in [6, 6.07) is 0.359. The minimum atomic E-state index is -0.0627. The number of carbonyl (C=O) groups excluding carboxylic acids is 1. The molecule has 4 nitrogen and oxygen atoms in total. The van der Waals surface area contributed by atoms with E-state index in [1.54, 1.807) is 0 Å². The lowest BCUT2D eigenvalue weighted by atomic mass is 10.1. The molecule has 3 atom stereocenters. The topological polar surface area (TPSA) is 47.6 Å². The lowest BCUT2D eigenvalue weighted by Gasteiger charge is -2.26. The van der Waals surface area contributed by atoms with E-state index in [1.165, 1.54) is 0 Å². The molecule has 1 saturated carbocycles. The van der Waals surface area contributed by atoms with E-state index in [1.807, 2.05) is 6.92 Å². The van der Waals surface area contributed by atoms with Crippen LogP contribution >= 0.6 is 0 Å². The molecule has 0 bridgehead atoms. The van der Waals surface area contributed by atoms with Gasteiger partial charge in [-0.15, -0.1) is 0 Å². The molecule has 0 spiro atoms. The van der Waals surface area contributed by atoms with Gasteiger partial charge in [-0.3, -0.25) is 4.79 Å². The van der Waals surface area contributed by atoms with Gasteiger partial charge in [-0.2, -0.15) is 0 Å². The molecule has 2 aliphatic rings. The van der Waals surface area contributed by atoms with Gasteiger partial charge in [0.25, 0.3) is 0 Å². The summed E-state index contributed by atoms with van der Waals surface area (Å²) in [6.07, 6.45) is 1.90. The second-order valence-electron chi connectivity index (χ2n) is 3.89. The van der Waals surface area contributed by atoms with Gasteiger partial charge in [0.05, 0.1) is 25.2 Å². The Balaban J connectivity index is 1.89. The highest BCUT2D eigenvalue weighted by atomic mass is 16.5. The highest BCUT2D eigenvalue weighted by Gasteiger charge is 2.40. The molecule has 2 fully saturated rings. The van der Waals surface area contributed by atoms with Crippen LogP contribution in [0.25, 0.3) is 0 Å². The standard InChI is InChI=1S/C10H17NO3/c1-2-13-10(12)7-5-8-9(6-7)14-4-3-11-8/h7-9,11H,2-6H2,1H3. The molecule has 1 aliphatic carbocycles. The molecule has 14 heavy (non-hydrogen) atoms. The van der Waals surface area contributed by atoms with Crippen molar-refractivity contribution in [3.05, 3.63) is 0 Å². The first-order chi connectivity index (χ1) is 6.81. The van der Waals surface area contributed by atoms with E-state index in [9.17, 15) is 4.79 Å². The van der Waals surface area contributed by atoms with Crippen molar-refractivity contribution in [1.82, 2.24) is 5.32 Å². The Hall–Kier alpha value is -0.610. The molecule has 0 amide bonds. The second kappa shape index (κ2) is 4.28. The first-order valence-electron chi connectivity index (χ1n) is 5.33. The fraction of sp³-hybridized carbons (Fsp3) is 0.900. The third-order valence-electron chi connectivity index (χ3n) is 2.96. The van der Waals surface area contributed by atoms with Gasteiger partial charge < -0.3 is 14.8 Å². The third kappa shape index (κ3) is 1.91. The molecule has 3 unspecified atom stereocenters. The summed E-state index contributed by atoms with van der Waals surface area (Å²) < 4.78 is 10.6. The maximum Gasteiger partial charge on any atom is 0.309 e.